The molecule has 2 saturated heterocycles. The van der Waals surface area contributed by atoms with Crippen molar-refractivity contribution < 1.29 is 20.0 Å². The van der Waals surface area contributed by atoms with Crippen molar-refractivity contribution in [2.75, 3.05) is 32.8 Å². The van der Waals surface area contributed by atoms with Crippen LogP contribution in [0.15, 0.2) is 0 Å². The molecule has 5 heteroatoms. The molecule has 2 N–H and O–H groups in total. The highest BCUT2D eigenvalue weighted by Gasteiger charge is 2.52. The zero-order chi connectivity index (χ0) is 11.9. The minimum Gasteiger partial charge on any atom is -0.530 e. The molecule has 3 aliphatic rings. The van der Waals surface area contributed by atoms with Crippen LogP contribution in [0.3, 0.4) is 0 Å². The average Bonchev–Trinajstić information content (AvgIpc) is 2.20. The number of carbonyl (C=O) groups excluding carboxylic acids is 1. The Morgan fingerprint density at radius 2 is 2.24 bits per heavy atom. The number of nitrogens with two attached hydrogens (primary N) is 1. The SMILES string of the molecule is O=C([O-])N1CC2(CC(CC3C[NH2+]CCO3)C2)C1. The van der Waals surface area contributed by atoms with E-state index in [1.54, 1.807) is 0 Å². The summed E-state index contributed by atoms with van der Waals surface area (Å²) >= 11 is 0. The first-order chi connectivity index (χ1) is 8.17. The second kappa shape index (κ2) is 4.14. The summed E-state index contributed by atoms with van der Waals surface area (Å²) in [4.78, 5) is 12.0. The van der Waals surface area contributed by atoms with Crippen LogP contribution in [0.25, 0.3) is 0 Å². The molecular formula is C12H20N2O3. The van der Waals surface area contributed by atoms with E-state index >= 15 is 0 Å². The van der Waals surface area contributed by atoms with Crippen molar-refractivity contribution in [3.05, 3.63) is 0 Å². The molecule has 1 atom stereocenters. The number of hydrogen-bond donors (Lipinski definition) is 1. The van der Waals surface area contributed by atoms with Crippen LogP contribution in [0.5, 0.6) is 0 Å². The molecule has 1 unspecified atom stereocenters. The van der Waals surface area contributed by atoms with E-state index in [1.807, 2.05) is 0 Å². The fraction of sp³-hybridized carbons (Fsp3) is 0.917. The van der Waals surface area contributed by atoms with Crippen molar-refractivity contribution in [1.82, 2.24) is 4.90 Å². The van der Waals surface area contributed by atoms with Crippen molar-refractivity contribution >= 4 is 6.09 Å². The van der Waals surface area contributed by atoms with Gasteiger partial charge >= 0.3 is 0 Å². The van der Waals surface area contributed by atoms with E-state index < -0.39 is 6.09 Å². The molecule has 5 nitrogen and oxygen atoms in total. The van der Waals surface area contributed by atoms with Crippen LogP contribution < -0.4 is 10.4 Å². The van der Waals surface area contributed by atoms with Gasteiger partial charge in [0.15, 0.2) is 0 Å². The Morgan fingerprint density at radius 3 is 2.82 bits per heavy atom. The van der Waals surface area contributed by atoms with E-state index in [2.05, 4.69) is 5.32 Å². The number of morpholine rings is 1. The van der Waals surface area contributed by atoms with Gasteiger partial charge in [-0.25, -0.2) is 0 Å². The smallest absolute Gasteiger partial charge is 0.136 e. The maximum atomic E-state index is 10.6. The number of likely N-dealkylation sites (tertiary alicyclic amines) is 1. The normalized spacial score (nSPS) is 32.0. The molecule has 0 radical (unpaired) electrons. The average molecular weight is 240 g/mol. The Labute approximate surface area is 101 Å². The van der Waals surface area contributed by atoms with E-state index in [1.165, 1.54) is 17.7 Å². The van der Waals surface area contributed by atoms with Gasteiger partial charge in [-0.3, -0.25) is 0 Å². The second-order valence-corrected chi connectivity index (χ2v) is 5.94. The molecule has 3 rings (SSSR count). The van der Waals surface area contributed by atoms with Gasteiger partial charge in [-0.15, -0.1) is 0 Å². The van der Waals surface area contributed by atoms with Crippen LogP contribution in [0.1, 0.15) is 19.3 Å². The fourth-order valence-corrected chi connectivity index (χ4v) is 3.71. The topological polar surface area (TPSA) is 69.2 Å². The third-order valence-electron chi connectivity index (χ3n) is 4.46. The van der Waals surface area contributed by atoms with Crippen molar-refractivity contribution in [2.45, 2.75) is 25.4 Å². The summed E-state index contributed by atoms with van der Waals surface area (Å²) in [6, 6.07) is 0. The van der Waals surface area contributed by atoms with E-state index in [4.69, 9.17) is 4.74 Å². The van der Waals surface area contributed by atoms with E-state index in [9.17, 15) is 9.90 Å². The monoisotopic (exact) mass is 240 g/mol. The standard InChI is InChI=1S/C12H20N2O3/c15-11(16)14-7-12(8-14)4-9(5-12)3-10-6-13-1-2-17-10/h9-10,13H,1-8H2,(H,15,16). The first-order valence-electron chi connectivity index (χ1n) is 6.56. The number of carboxylic acid groups (broad SMARTS) is 1. The molecule has 2 heterocycles. The van der Waals surface area contributed by atoms with Gasteiger partial charge in [-0.05, 0) is 25.2 Å². The summed E-state index contributed by atoms with van der Waals surface area (Å²) in [6.07, 6.45) is 2.92. The number of carbonyl (C=O) groups is 1. The summed E-state index contributed by atoms with van der Waals surface area (Å²) in [5.74, 6) is 0.746. The lowest BCUT2D eigenvalue weighted by Crippen LogP contribution is -2.89. The van der Waals surface area contributed by atoms with Gasteiger partial charge in [-0.1, -0.05) is 0 Å². The van der Waals surface area contributed by atoms with Gasteiger partial charge < -0.3 is 24.9 Å². The number of nitrogens with zero attached hydrogens (tertiary/aromatic N) is 1. The Balaban J connectivity index is 1.39. The molecule has 3 fully saturated rings. The minimum atomic E-state index is -1.01. The molecular weight excluding hydrogens is 220 g/mol. The molecule has 1 spiro atoms. The quantitative estimate of drug-likeness (QED) is 0.631. The van der Waals surface area contributed by atoms with Gasteiger partial charge in [0.25, 0.3) is 0 Å². The third kappa shape index (κ3) is 2.13. The lowest BCUT2D eigenvalue weighted by molar-refractivity contribution is -0.677. The number of hydrogen-bond acceptors (Lipinski definition) is 3. The largest absolute Gasteiger partial charge is 0.530 e. The molecule has 1 saturated carbocycles. The molecule has 96 valence electrons. The number of ether oxygens (including phenoxy) is 1. The summed E-state index contributed by atoms with van der Waals surface area (Å²) in [7, 11) is 0. The summed E-state index contributed by atoms with van der Waals surface area (Å²) in [5, 5.41) is 12.9. The zero-order valence-corrected chi connectivity index (χ0v) is 10.1. The Morgan fingerprint density at radius 1 is 1.47 bits per heavy atom. The number of amides is 1. The Bertz CT molecular complexity index is 301. The predicted octanol–water partition coefficient (Wildman–Crippen LogP) is -1.61. The lowest BCUT2D eigenvalue weighted by Gasteiger charge is -2.60. The molecule has 1 amide bonds. The molecule has 0 bridgehead atoms. The van der Waals surface area contributed by atoms with E-state index in [0.29, 0.717) is 24.6 Å². The fourth-order valence-electron chi connectivity index (χ4n) is 3.71. The van der Waals surface area contributed by atoms with Crippen molar-refractivity contribution in [2.24, 2.45) is 11.3 Å². The zero-order valence-electron chi connectivity index (χ0n) is 10.1. The summed E-state index contributed by atoms with van der Waals surface area (Å²) < 4.78 is 5.72. The lowest BCUT2D eigenvalue weighted by atomic mass is 9.56. The van der Waals surface area contributed by atoms with Crippen molar-refractivity contribution in [3.8, 4) is 0 Å². The van der Waals surface area contributed by atoms with Gasteiger partial charge in [0.1, 0.15) is 18.7 Å². The van der Waals surface area contributed by atoms with E-state index in [-0.39, 0.29) is 0 Å². The van der Waals surface area contributed by atoms with Gasteiger partial charge in [0, 0.05) is 18.5 Å². The first-order valence-corrected chi connectivity index (χ1v) is 6.56. The van der Waals surface area contributed by atoms with Crippen LogP contribution in [0.2, 0.25) is 0 Å². The van der Waals surface area contributed by atoms with Crippen LogP contribution in [0.4, 0.5) is 4.79 Å². The van der Waals surface area contributed by atoms with Crippen LogP contribution in [0, 0.1) is 11.3 Å². The molecule has 1 aliphatic carbocycles. The van der Waals surface area contributed by atoms with E-state index in [0.717, 1.165) is 32.0 Å². The summed E-state index contributed by atoms with van der Waals surface area (Å²) in [6.45, 7) is 4.45. The van der Waals surface area contributed by atoms with Crippen molar-refractivity contribution in [1.29, 1.82) is 0 Å². The molecule has 0 aromatic carbocycles. The highest BCUT2D eigenvalue weighted by atomic mass is 16.5. The minimum absolute atomic E-state index is 0.309. The number of quaternary nitrogens is 1. The third-order valence-corrected chi connectivity index (χ3v) is 4.46. The van der Waals surface area contributed by atoms with Crippen LogP contribution in [-0.4, -0.2) is 49.9 Å². The molecule has 0 aromatic rings. The highest BCUT2D eigenvalue weighted by molar-refractivity contribution is 5.64. The molecule has 0 aromatic heterocycles. The first kappa shape index (κ1) is 11.3. The Kier molecular flexibility index (Phi) is 2.75. The van der Waals surface area contributed by atoms with Gasteiger partial charge in [-0.2, -0.15) is 0 Å². The molecule has 17 heavy (non-hydrogen) atoms. The van der Waals surface area contributed by atoms with Gasteiger partial charge in [0.05, 0.1) is 13.2 Å². The van der Waals surface area contributed by atoms with Gasteiger partial charge in [0.2, 0.25) is 0 Å². The number of rotatable bonds is 2. The highest BCUT2D eigenvalue weighted by Crippen LogP contribution is 2.53. The molecule has 2 aliphatic heterocycles. The predicted molar refractivity (Wildman–Crippen MR) is 58.1 cm³/mol. The maximum absolute atomic E-state index is 10.6. The summed E-state index contributed by atoms with van der Waals surface area (Å²) in [5.41, 5.74) is 0.309. The van der Waals surface area contributed by atoms with Crippen LogP contribution >= 0.6 is 0 Å². The Hall–Kier alpha value is -0.810. The second-order valence-electron chi connectivity index (χ2n) is 5.94. The van der Waals surface area contributed by atoms with Crippen LogP contribution in [-0.2, 0) is 4.74 Å². The van der Waals surface area contributed by atoms with Crippen molar-refractivity contribution in [3.63, 3.8) is 0 Å². The maximum Gasteiger partial charge on any atom is 0.136 e.